The van der Waals surface area contributed by atoms with Crippen molar-refractivity contribution in [1.29, 1.82) is 0 Å². The highest BCUT2D eigenvalue weighted by Gasteiger charge is 2.11. The first-order valence-electron chi connectivity index (χ1n) is 8.25. The zero-order chi connectivity index (χ0) is 19.0. The van der Waals surface area contributed by atoms with E-state index in [4.69, 9.17) is 11.6 Å². The van der Waals surface area contributed by atoms with Crippen LogP contribution in [0.5, 0.6) is 0 Å². The van der Waals surface area contributed by atoms with Crippen molar-refractivity contribution < 1.29 is 0 Å². The van der Waals surface area contributed by atoms with Gasteiger partial charge in [0.25, 0.3) is 11.1 Å². The minimum Gasteiger partial charge on any atom is -0.266 e. The van der Waals surface area contributed by atoms with E-state index in [0.29, 0.717) is 16.0 Å². The van der Waals surface area contributed by atoms with Gasteiger partial charge in [0, 0.05) is 11.4 Å². The van der Waals surface area contributed by atoms with Gasteiger partial charge in [0.05, 0.1) is 4.53 Å². The minimum atomic E-state index is -0.408. The van der Waals surface area contributed by atoms with Gasteiger partial charge >= 0.3 is 0 Å². The third-order valence-electron chi connectivity index (χ3n) is 4.11. The van der Waals surface area contributed by atoms with Gasteiger partial charge < -0.3 is 0 Å². The van der Waals surface area contributed by atoms with Crippen molar-refractivity contribution in [3.63, 3.8) is 0 Å². The van der Waals surface area contributed by atoms with Gasteiger partial charge in [0.15, 0.2) is 0 Å². The van der Waals surface area contributed by atoms with E-state index in [2.05, 4.69) is 10.1 Å². The second-order valence-corrected chi connectivity index (χ2v) is 7.63. The molecule has 2 heterocycles. The molecule has 4 aromatic rings. The standard InChI is InChI=1S/C20H14ClN3O2S/c1-12-2-4-13(5-3-12)10-16-18(25)22-20-24(23-16)19(26)17(27-20)11-14-6-8-15(21)9-7-14/h2-9,11H,10H2,1H3. The van der Waals surface area contributed by atoms with E-state index in [-0.39, 0.29) is 16.2 Å². The topological polar surface area (TPSA) is 64.3 Å². The minimum absolute atomic E-state index is 0.254. The summed E-state index contributed by atoms with van der Waals surface area (Å²) in [5.41, 5.74) is 2.48. The molecule has 134 valence electrons. The summed E-state index contributed by atoms with van der Waals surface area (Å²) in [6.45, 7) is 2.00. The van der Waals surface area contributed by atoms with Crippen LogP contribution in [0.3, 0.4) is 0 Å². The number of aromatic nitrogens is 3. The van der Waals surface area contributed by atoms with E-state index < -0.39 is 5.56 Å². The van der Waals surface area contributed by atoms with Crippen molar-refractivity contribution in [3.05, 3.63) is 101 Å². The molecule has 0 saturated carbocycles. The Morgan fingerprint density at radius 1 is 1.07 bits per heavy atom. The van der Waals surface area contributed by atoms with Crippen LogP contribution in [-0.2, 0) is 6.42 Å². The average Bonchev–Trinajstić information content (AvgIpc) is 2.94. The molecular weight excluding hydrogens is 382 g/mol. The average molecular weight is 396 g/mol. The number of hydrogen-bond donors (Lipinski definition) is 0. The lowest BCUT2D eigenvalue weighted by molar-refractivity contribution is 0.811. The van der Waals surface area contributed by atoms with Crippen molar-refractivity contribution in [1.82, 2.24) is 14.6 Å². The van der Waals surface area contributed by atoms with Crippen molar-refractivity contribution in [2.45, 2.75) is 13.3 Å². The van der Waals surface area contributed by atoms with Crippen molar-refractivity contribution in [2.75, 3.05) is 0 Å². The molecule has 2 aromatic heterocycles. The Morgan fingerprint density at radius 3 is 2.48 bits per heavy atom. The Hall–Kier alpha value is -2.83. The van der Waals surface area contributed by atoms with Crippen molar-refractivity contribution in [2.24, 2.45) is 0 Å². The molecule has 7 heteroatoms. The first kappa shape index (κ1) is 17.6. The molecule has 0 radical (unpaired) electrons. The fraction of sp³-hybridized carbons (Fsp3) is 0.100. The molecule has 0 N–H and O–H groups in total. The summed E-state index contributed by atoms with van der Waals surface area (Å²) in [6.07, 6.45) is 2.07. The molecule has 0 aliphatic heterocycles. The van der Waals surface area contributed by atoms with Crippen molar-refractivity contribution in [3.8, 4) is 0 Å². The van der Waals surface area contributed by atoms with Crippen molar-refractivity contribution >= 4 is 34.0 Å². The van der Waals surface area contributed by atoms with Crippen LogP contribution in [0.15, 0.2) is 58.1 Å². The molecule has 0 amide bonds. The van der Waals surface area contributed by atoms with Crippen LogP contribution in [0.25, 0.3) is 11.0 Å². The fourth-order valence-electron chi connectivity index (χ4n) is 2.66. The first-order valence-corrected chi connectivity index (χ1v) is 9.45. The molecular formula is C20H14ClN3O2S. The third-order valence-corrected chi connectivity index (χ3v) is 5.32. The summed E-state index contributed by atoms with van der Waals surface area (Å²) in [7, 11) is 0. The number of aryl methyl sites for hydroxylation is 1. The molecule has 0 aliphatic carbocycles. The zero-order valence-corrected chi connectivity index (χ0v) is 15.9. The Bertz CT molecular complexity index is 1290. The smallest absolute Gasteiger partial charge is 0.266 e. The second kappa shape index (κ2) is 7.06. The van der Waals surface area contributed by atoms with Crippen LogP contribution in [0.1, 0.15) is 22.4 Å². The number of fused-ring (bicyclic) bond motifs is 1. The summed E-state index contributed by atoms with van der Waals surface area (Å²) < 4.78 is 1.67. The van der Waals surface area contributed by atoms with Crippen LogP contribution >= 0.6 is 22.9 Å². The highest BCUT2D eigenvalue weighted by molar-refractivity contribution is 7.15. The van der Waals surface area contributed by atoms with E-state index in [0.717, 1.165) is 28.0 Å². The summed E-state index contributed by atoms with van der Waals surface area (Å²) in [5.74, 6) is 0. The van der Waals surface area contributed by atoms with E-state index in [1.165, 1.54) is 4.52 Å². The fourth-order valence-corrected chi connectivity index (χ4v) is 3.69. The predicted molar refractivity (Wildman–Crippen MR) is 108 cm³/mol. The maximum Gasteiger partial charge on any atom is 0.296 e. The predicted octanol–water partition coefficient (Wildman–Crippen LogP) is 2.61. The molecule has 0 aliphatic rings. The van der Waals surface area contributed by atoms with Gasteiger partial charge in [-0.3, -0.25) is 9.59 Å². The quantitative estimate of drug-likeness (QED) is 0.535. The molecule has 2 aromatic carbocycles. The Labute approximate surface area is 163 Å². The maximum atomic E-state index is 12.7. The molecule has 0 bridgehead atoms. The molecule has 0 fully saturated rings. The molecule has 27 heavy (non-hydrogen) atoms. The molecule has 5 nitrogen and oxygen atoms in total. The SMILES string of the molecule is Cc1ccc(Cc2nn3c(=O)c(=Cc4ccc(Cl)cc4)sc3nc2=O)cc1. The van der Waals surface area contributed by atoms with Crippen LogP contribution in [0.4, 0.5) is 0 Å². The number of nitrogens with zero attached hydrogens (tertiary/aromatic N) is 3. The summed E-state index contributed by atoms with van der Waals surface area (Å²) in [6, 6.07) is 15.0. The zero-order valence-electron chi connectivity index (χ0n) is 14.3. The maximum absolute atomic E-state index is 12.7. The normalized spacial score (nSPS) is 12.0. The number of thiazole rings is 1. The summed E-state index contributed by atoms with van der Waals surface area (Å²) in [5, 5.41) is 4.89. The monoisotopic (exact) mass is 395 g/mol. The molecule has 4 rings (SSSR count). The molecule has 0 saturated heterocycles. The second-order valence-electron chi connectivity index (χ2n) is 6.19. The van der Waals surface area contributed by atoms with Gasteiger partial charge in [-0.05, 0) is 36.3 Å². The molecule has 0 spiro atoms. The molecule has 0 atom stereocenters. The van der Waals surface area contributed by atoms with E-state index >= 15 is 0 Å². The Balaban J connectivity index is 1.79. The van der Waals surface area contributed by atoms with Gasteiger partial charge in [-0.25, -0.2) is 0 Å². The lowest BCUT2D eigenvalue weighted by atomic mass is 10.1. The van der Waals surface area contributed by atoms with E-state index in [9.17, 15) is 9.59 Å². The number of rotatable bonds is 3. The summed E-state index contributed by atoms with van der Waals surface area (Å²) >= 11 is 7.03. The largest absolute Gasteiger partial charge is 0.296 e. The van der Waals surface area contributed by atoms with E-state index in [1.54, 1.807) is 18.2 Å². The number of benzene rings is 2. The highest BCUT2D eigenvalue weighted by Crippen LogP contribution is 2.10. The third kappa shape index (κ3) is 3.67. The number of halogens is 1. The van der Waals surface area contributed by atoms with Crippen LogP contribution in [0, 0.1) is 6.92 Å². The first-order chi connectivity index (χ1) is 13.0. The van der Waals surface area contributed by atoms with Gasteiger partial charge in [0.1, 0.15) is 5.69 Å². The Morgan fingerprint density at radius 2 is 1.78 bits per heavy atom. The lowest BCUT2D eigenvalue weighted by Crippen LogP contribution is -2.28. The van der Waals surface area contributed by atoms with Gasteiger partial charge in [-0.1, -0.05) is 64.9 Å². The van der Waals surface area contributed by atoms with Crippen LogP contribution < -0.4 is 15.7 Å². The van der Waals surface area contributed by atoms with Crippen LogP contribution in [0.2, 0.25) is 5.02 Å². The van der Waals surface area contributed by atoms with Gasteiger partial charge in [0.2, 0.25) is 4.96 Å². The van der Waals surface area contributed by atoms with Crippen LogP contribution in [-0.4, -0.2) is 14.6 Å². The number of hydrogen-bond acceptors (Lipinski definition) is 5. The summed E-state index contributed by atoms with van der Waals surface area (Å²) in [4.78, 5) is 29.3. The van der Waals surface area contributed by atoms with Gasteiger partial charge in [-0.15, -0.1) is 0 Å². The lowest BCUT2D eigenvalue weighted by Gasteiger charge is -2.01. The molecule has 0 unspecified atom stereocenters. The van der Waals surface area contributed by atoms with Gasteiger partial charge in [-0.2, -0.15) is 14.6 Å². The Kier molecular flexibility index (Phi) is 4.59. The van der Waals surface area contributed by atoms with E-state index in [1.807, 2.05) is 43.3 Å². The highest BCUT2D eigenvalue weighted by atomic mass is 35.5.